The van der Waals surface area contributed by atoms with Gasteiger partial charge < -0.3 is 21.3 Å². The first-order chi connectivity index (χ1) is 39.8. The number of allylic oxidation sites excluding steroid dienone is 2. The maximum absolute atomic E-state index is 4.91. The monoisotopic (exact) mass is 1450 g/mol. The second-order valence-corrected chi connectivity index (χ2v) is 27.0. The Morgan fingerprint density at radius 2 is 0.732 bits per heavy atom. The first-order valence-corrected chi connectivity index (χ1v) is 37.5. The van der Waals surface area contributed by atoms with Crippen molar-refractivity contribution < 1.29 is 96.9 Å². The number of aryl methyl sites for hydroxylation is 4. The molecule has 0 spiro atoms. The van der Waals surface area contributed by atoms with Crippen LogP contribution in [-0.4, -0.2) is 155 Å². The molecule has 10 heterocycles. The predicted molar refractivity (Wildman–Crippen MR) is 307 cm³/mol. The van der Waals surface area contributed by atoms with E-state index in [-0.39, 0.29) is 23.1 Å². The standard InChI is InChI=1S/C28H46N8.C28H42N8.6ClH.4Cu/c2*1-2-8-16-34(22-26-10-4-6-14-30-26)24-28-12-18-36(32-28)20-19-35-17-11-27(31-35)23-33(15-7-1)21-25-9-3-5-13-29-25;;;;;;;;;;/h11-12,17-18,25-26H,1-10,13-16,19-24H2;3,5,9,11-13,17-18,25-26H,1-2,4,6-8,10,14-16,19-24H2;6*1H;;;;/q2*-2;;;;;;;4*+2/p-2. The van der Waals surface area contributed by atoms with Crippen LogP contribution in [0.2, 0.25) is 0 Å². The van der Waals surface area contributed by atoms with E-state index in [1.165, 1.54) is 126 Å². The van der Waals surface area contributed by atoms with Crippen LogP contribution >= 0.6 is 20.2 Å². The molecule has 480 valence electrons. The molecular formula is C56H92Cl6Cu4N16+2. The first-order valence-electron chi connectivity index (χ1n) is 29.3. The van der Waals surface area contributed by atoms with Crippen molar-refractivity contribution in [3.8, 4) is 0 Å². The Morgan fingerprint density at radius 1 is 0.427 bits per heavy atom. The van der Waals surface area contributed by atoms with E-state index in [9.17, 15) is 0 Å². The molecule has 4 atom stereocenters. The fraction of sp³-hybridized carbons (Fsp3) is 0.714. The number of hydrogen-bond donors (Lipinski definition) is 0. The Kier molecular flexibility index (Phi) is 39.7. The van der Waals surface area contributed by atoms with Gasteiger partial charge in [0, 0.05) is 51.0 Å². The van der Waals surface area contributed by atoms with Crippen molar-refractivity contribution >= 4 is 20.2 Å². The molecule has 0 aromatic carbocycles. The van der Waals surface area contributed by atoms with Gasteiger partial charge in [0.15, 0.2) is 0 Å². The fourth-order valence-electron chi connectivity index (χ4n) is 11.5. The number of rotatable bonds is 8. The van der Waals surface area contributed by atoms with Gasteiger partial charge in [-0.15, -0.1) is 37.8 Å². The van der Waals surface area contributed by atoms with E-state index >= 15 is 0 Å². The molecule has 4 unspecified atom stereocenters. The van der Waals surface area contributed by atoms with Crippen molar-refractivity contribution in [2.75, 3.05) is 72.0 Å². The Labute approximate surface area is 546 Å². The van der Waals surface area contributed by atoms with Crippen molar-refractivity contribution in [2.24, 2.45) is 0 Å². The summed E-state index contributed by atoms with van der Waals surface area (Å²) in [5.41, 5.74) is 4.66. The van der Waals surface area contributed by atoms with Crippen molar-refractivity contribution in [1.82, 2.24) is 58.7 Å². The molecule has 6 aliphatic heterocycles. The summed E-state index contributed by atoms with van der Waals surface area (Å²) in [6.45, 7) is 18.9. The number of piperidine rings is 3. The number of nitrogens with zero attached hydrogens (tertiary/aromatic N) is 16. The van der Waals surface area contributed by atoms with Gasteiger partial charge in [0.2, 0.25) is 0 Å². The van der Waals surface area contributed by atoms with Crippen molar-refractivity contribution in [3.05, 3.63) is 118 Å². The van der Waals surface area contributed by atoms with E-state index in [0.717, 1.165) is 169 Å². The van der Waals surface area contributed by atoms with E-state index in [0.29, 0.717) is 18.1 Å². The predicted octanol–water partition coefficient (Wildman–Crippen LogP) is 9.82. The molecule has 3 saturated heterocycles. The minimum absolute atomic E-state index is 0. The Hall–Kier alpha value is -0.342. The smallest absolute Gasteiger partial charge is 0.658 e. The zero-order chi connectivity index (χ0) is 57.0. The minimum atomic E-state index is 0. The number of aromatic nitrogens is 8. The normalized spacial score (nSPS) is 23.4. The number of hydrogen-bond acceptors (Lipinski definition) is 8. The van der Waals surface area contributed by atoms with E-state index in [1.54, 1.807) is 0 Å². The quantitative estimate of drug-likeness (QED) is 0.159. The van der Waals surface area contributed by atoms with Crippen LogP contribution in [0.1, 0.15) is 132 Å². The third kappa shape index (κ3) is 30.2. The van der Waals surface area contributed by atoms with Gasteiger partial charge in [-0.2, -0.15) is 26.6 Å². The van der Waals surface area contributed by atoms with Crippen molar-refractivity contribution in [1.29, 1.82) is 0 Å². The van der Waals surface area contributed by atoms with E-state index in [1.807, 2.05) is 12.3 Å². The van der Waals surface area contributed by atoms with Crippen molar-refractivity contribution in [3.63, 3.8) is 0 Å². The average Bonchev–Trinajstić information content (AvgIpc) is 4.33. The van der Waals surface area contributed by atoms with Gasteiger partial charge >= 0.3 is 117 Å². The molecular weight excluding hydrogens is 1360 g/mol. The van der Waals surface area contributed by atoms with Crippen LogP contribution in [0.5, 0.6) is 0 Å². The summed E-state index contributed by atoms with van der Waals surface area (Å²) in [5.74, 6) is 0. The Morgan fingerprint density at radius 3 is 1.00 bits per heavy atom. The molecule has 0 N–H and O–H groups in total. The first kappa shape index (κ1) is 72.4. The minimum Gasteiger partial charge on any atom is -0.658 e. The second kappa shape index (κ2) is 45.0. The maximum atomic E-state index is 4.91. The molecule has 4 aromatic rings. The van der Waals surface area contributed by atoms with E-state index < -0.39 is 0 Å². The molecule has 26 heteroatoms. The van der Waals surface area contributed by atoms with E-state index in [2.05, 4.69) is 145 Å². The van der Waals surface area contributed by atoms with Gasteiger partial charge in [-0.05, 0) is 102 Å². The summed E-state index contributed by atoms with van der Waals surface area (Å²) < 4.78 is 8.29. The van der Waals surface area contributed by atoms with Crippen LogP contribution in [-0.2, 0) is 109 Å². The van der Waals surface area contributed by atoms with Crippen LogP contribution in [0, 0.1) is 40.4 Å². The molecule has 3 fully saturated rings. The second-order valence-electron chi connectivity index (χ2n) is 21.8. The Bertz CT molecular complexity index is 2180. The molecule has 6 aliphatic rings. The summed E-state index contributed by atoms with van der Waals surface area (Å²) in [4.78, 5) is 10.4. The fourth-order valence-corrected chi connectivity index (χ4v) is 11.5. The van der Waals surface area contributed by atoms with Gasteiger partial charge in [0.25, 0.3) is 0 Å². The molecule has 8 bridgehead atoms. The Balaban J connectivity index is 0.000000260. The zero-order valence-electron chi connectivity index (χ0n) is 47.4. The molecule has 0 saturated carbocycles. The van der Waals surface area contributed by atoms with Crippen LogP contribution < -0.4 is 0 Å². The summed E-state index contributed by atoms with van der Waals surface area (Å²) in [6.07, 6.45) is 38.4. The van der Waals surface area contributed by atoms with Crippen molar-refractivity contribution in [2.45, 2.75) is 186 Å². The molecule has 16 nitrogen and oxygen atoms in total. The van der Waals surface area contributed by atoms with Crippen LogP contribution in [0.25, 0.3) is 21.3 Å². The molecule has 0 aliphatic carbocycles. The van der Waals surface area contributed by atoms with Gasteiger partial charge in [0.05, 0.1) is 49.0 Å². The molecule has 0 amide bonds. The third-order valence-electron chi connectivity index (χ3n) is 15.5. The van der Waals surface area contributed by atoms with Crippen LogP contribution in [0.3, 0.4) is 0 Å². The SMILES string of the molecule is C1=C[N-]C(CN2CCCCCCN(CC3CCCC[N-]3)Cc3ccn(n3)CCn3ccc(n3)C2)C=C1.[ClH+][Cu][ClH+].[Cl][Cu][ClH+].[Cl][Cu][ClH+].[Cu+2].c1cn2nc1CN(CC1CCCC[N-]1)CCCCCCN(CC1CCCC[N-]1)Cc1ccn(n1)CC2. The summed E-state index contributed by atoms with van der Waals surface area (Å²) in [6, 6.07) is 10.5. The van der Waals surface area contributed by atoms with Gasteiger partial charge in [-0.25, -0.2) is 0 Å². The summed E-state index contributed by atoms with van der Waals surface area (Å²) in [5, 5.41) is 38.9. The molecule has 10 rings (SSSR count). The van der Waals surface area contributed by atoms with Crippen LogP contribution in [0.15, 0.2) is 73.5 Å². The number of fused-ring (bicyclic) bond motifs is 8. The molecule has 1 radical (unpaired) electrons. The van der Waals surface area contributed by atoms with Gasteiger partial charge in [0.1, 0.15) is 0 Å². The van der Waals surface area contributed by atoms with Gasteiger partial charge in [-0.3, -0.25) is 38.3 Å². The molecule has 82 heavy (non-hydrogen) atoms. The topological polar surface area (TPSA) is 141 Å². The van der Waals surface area contributed by atoms with Crippen LogP contribution in [0.4, 0.5) is 0 Å². The summed E-state index contributed by atoms with van der Waals surface area (Å²) >= 11 is 2.72. The van der Waals surface area contributed by atoms with Gasteiger partial charge in [-0.1, -0.05) is 108 Å². The third-order valence-corrected chi connectivity index (χ3v) is 15.5. The maximum Gasteiger partial charge on any atom is 2.00 e. The average molecular weight is 1460 g/mol. The molecule has 4 aromatic heterocycles. The largest absolute Gasteiger partial charge is 2.00 e. The van der Waals surface area contributed by atoms with E-state index in [4.69, 9.17) is 56.5 Å². The number of halogens is 6. The summed E-state index contributed by atoms with van der Waals surface area (Å²) in [7, 11) is 25.8. The zero-order valence-corrected chi connectivity index (χ0v) is 56.0.